The zero-order valence-corrected chi connectivity index (χ0v) is 10.5. The number of hydrogen-bond donors (Lipinski definition) is 2. The smallest absolute Gasteiger partial charge is 0.0468 e. The van der Waals surface area contributed by atoms with Crippen LogP contribution < -0.4 is 5.32 Å². The summed E-state index contributed by atoms with van der Waals surface area (Å²) in [5, 5.41) is 12.5. The van der Waals surface area contributed by atoms with Crippen molar-refractivity contribution in [2.45, 2.75) is 52.5 Å². The van der Waals surface area contributed by atoms with Crippen LogP contribution in [0.2, 0.25) is 0 Å². The van der Waals surface area contributed by atoms with Crippen molar-refractivity contribution in [3.63, 3.8) is 0 Å². The van der Waals surface area contributed by atoms with Crippen LogP contribution in [-0.2, 0) is 0 Å². The number of hydrogen-bond acceptors (Lipinski definition) is 2. The van der Waals surface area contributed by atoms with E-state index in [0.717, 1.165) is 18.4 Å². The van der Waals surface area contributed by atoms with Gasteiger partial charge in [0.2, 0.25) is 0 Å². The van der Waals surface area contributed by atoms with E-state index in [0.29, 0.717) is 18.6 Å². The number of aliphatic hydroxyl groups is 1. The number of rotatable bonds is 5. The first kappa shape index (κ1) is 13.0. The van der Waals surface area contributed by atoms with Gasteiger partial charge in [0.05, 0.1) is 0 Å². The highest BCUT2D eigenvalue weighted by atomic mass is 16.3. The van der Waals surface area contributed by atoms with Gasteiger partial charge in [0.25, 0.3) is 0 Å². The third-order valence-electron chi connectivity index (χ3n) is 3.78. The van der Waals surface area contributed by atoms with Gasteiger partial charge in [0.15, 0.2) is 0 Å². The van der Waals surface area contributed by atoms with E-state index < -0.39 is 0 Å². The lowest BCUT2D eigenvalue weighted by Crippen LogP contribution is -2.37. The van der Waals surface area contributed by atoms with Gasteiger partial charge in [-0.05, 0) is 43.4 Å². The molecule has 0 bridgehead atoms. The monoisotopic (exact) mass is 213 g/mol. The van der Waals surface area contributed by atoms with E-state index >= 15 is 0 Å². The minimum Gasteiger partial charge on any atom is -0.396 e. The predicted octanol–water partition coefficient (Wildman–Crippen LogP) is 2.42. The van der Waals surface area contributed by atoms with Crippen molar-refractivity contribution in [2.75, 3.05) is 13.2 Å². The molecule has 0 radical (unpaired) electrons. The second-order valence-electron chi connectivity index (χ2n) is 5.55. The van der Waals surface area contributed by atoms with Crippen molar-refractivity contribution in [1.82, 2.24) is 5.32 Å². The summed E-state index contributed by atoms with van der Waals surface area (Å²) in [4.78, 5) is 0. The standard InChI is InChI=1S/C13H27NO/c1-10(2)12-4-6-13(7-5-12)14-8-11(3)9-15/h10-15H,4-9H2,1-3H3. The summed E-state index contributed by atoms with van der Waals surface area (Å²) in [5.74, 6) is 2.19. The molecule has 0 saturated heterocycles. The molecule has 0 aromatic carbocycles. The third kappa shape index (κ3) is 4.52. The summed E-state index contributed by atoms with van der Waals surface area (Å²) in [7, 11) is 0. The zero-order valence-electron chi connectivity index (χ0n) is 10.5. The first-order valence-corrected chi connectivity index (χ1v) is 6.47. The molecule has 1 aliphatic carbocycles. The van der Waals surface area contributed by atoms with Crippen LogP contribution in [0.5, 0.6) is 0 Å². The van der Waals surface area contributed by atoms with Gasteiger partial charge in [-0.15, -0.1) is 0 Å². The molecular weight excluding hydrogens is 186 g/mol. The van der Waals surface area contributed by atoms with Gasteiger partial charge in [-0.25, -0.2) is 0 Å². The molecule has 1 unspecified atom stereocenters. The average Bonchev–Trinajstić information content (AvgIpc) is 2.26. The summed E-state index contributed by atoms with van der Waals surface area (Å²) in [5.41, 5.74) is 0. The predicted molar refractivity (Wildman–Crippen MR) is 64.8 cm³/mol. The largest absolute Gasteiger partial charge is 0.396 e. The lowest BCUT2D eigenvalue weighted by Gasteiger charge is -2.31. The molecule has 0 heterocycles. The Kier molecular flexibility index (Phi) is 5.62. The molecule has 2 nitrogen and oxygen atoms in total. The first-order chi connectivity index (χ1) is 7.13. The molecule has 1 aliphatic rings. The molecule has 1 atom stereocenters. The molecule has 0 aromatic heterocycles. The number of aliphatic hydroxyl groups excluding tert-OH is 1. The quantitative estimate of drug-likeness (QED) is 0.735. The fraction of sp³-hybridized carbons (Fsp3) is 1.00. The summed E-state index contributed by atoms with van der Waals surface area (Å²) in [6.07, 6.45) is 5.40. The normalized spacial score (nSPS) is 29.4. The fourth-order valence-corrected chi connectivity index (χ4v) is 2.42. The molecule has 0 aliphatic heterocycles. The van der Waals surface area contributed by atoms with Crippen LogP contribution in [0.3, 0.4) is 0 Å². The van der Waals surface area contributed by atoms with Crippen LogP contribution in [0.1, 0.15) is 46.5 Å². The van der Waals surface area contributed by atoms with Crippen molar-refractivity contribution in [2.24, 2.45) is 17.8 Å². The Balaban J connectivity index is 2.14. The fourth-order valence-electron chi connectivity index (χ4n) is 2.42. The van der Waals surface area contributed by atoms with Crippen LogP contribution in [0.4, 0.5) is 0 Å². The van der Waals surface area contributed by atoms with Gasteiger partial charge >= 0.3 is 0 Å². The van der Waals surface area contributed by atoms with E-state index in [1.807, 2.05) is 0 Å². The zero-order chi connectivity index (χ0) is 11.3. The maximum absolute atomic E-state index is 8.94. The van der Waals surface area contributed by atoms with E-state index in [9.17, 15) is 0 Å². The van der Waals surface area contributed by atoms with Crippen molar-refractivity contribution in [1.29, 1.82) is 0 Å². The molecular formula is C13H27NO. The maximum Gasteiger partial charge on any atom is 0.0468 e. The van der Waals surface area contributed by atoms with Crippen LogP contribution in [-0.4, -0.2) is 24.3 Å². The van der Waals surface area contributed by atoms with Gasteiger partial charge in [-0.3, -0.25) is 0 Å². The van der Waals surface area contributed by atoms with Gasteiger partial charge in [-0.2, -0.15) is 0 Å². The summed E-state index contributed by atoms with van der Waals surface area (Å²) < 4.78 is 0. The molecule has 2 N–H and O–H groups in total. The van der Waals surface area contributed by atoms with Crippen LogP contribution in [0.25, 0.3) is 0 Å². The minimum absolute atomic E-state index is 0.300. The van der Waals surface area contributed by atoms with E-state index in [2.05, 4.69) is 26.1 Å². The SMILES string of the molecule is CC(CO)CNC1CCC(C(C)C)CC1. The summed E-state index contributed by atoms with van der Waals surface area (Å²) >= 11 is 0. The van der Waals surface area contributed by atoms with Crippen molar-refractivity contribution >= 4 is 0 Å². The second kappa shape index (κ2) is 6.49. The Morgan fingerprint density at radius 2 is 1.73 bits per heavy atom. The summed E-state index contributed by atoms with van der Waals surface area (Å²) in [6.45, 7) is 8.03. The Labute approximate surface area is 94.5 Å². The molecule has 2 heteroatoms. The second-order valence-corrected chi connectivity index (χ2v) is 5.55. The number of nitrogens with one attached hydrogen (secondary N) is 1. The highest BCUT2D eigenvalue weighted by molar-refractivity contribution is 4.78. The molecule has 1 rings (SSSR count). The van der Waals surface area contributed by atoms with E-state index in [1.165, 1.54) is 25.7 Å². The van der Waals surface area contributed by atoms with Crippen LogP contribution in [0.15, 0.2) is 0 Å². The van der Waals surface area contributed by atoms with Crippen LogP contribution in [0, 0.1) is 17.8 Å². The highest BCUT2D eigenvalue weighted by Gasteiger charge is 2.22. The van der Waals surface area contributed by atoms with Gasteiger partial charge < -0.3 is 10.4 Å². The lowest BCUT2D eigenvalue weighted by atomic mass is 9.79. The minimum atomic E-state index is 0.300. The van der Waals surface area contributed by atoms with Gasteiger partial charge in [0.1, 0.15) is 0 Å². The Bertz CT molecular complexity index is 162. The van der Waals surface area contributed by atoms with Crippen LogP contribution >= 0.6 is 0 Å². The molecule has 1 saturated carbocycles. The molecule has 1 fully saturated rings. The maximum atomic E-state index is 8.94. The molecule has 0 amide bonds. The Hall–Kier alpha value is -0.0800. The van der Waals surface area contributed by atoms with E-state index in [-0.39, 0.29) is 0 Å². The Morgan fingerprint density at radius 1 is 1.13 bits per heavy atom. The Morgan fingerprint density at radius 3 is 2.20 bits per heavy atom. The third-order valence-corrected chi connectivity index (χ3v) is 3.78. The lowest BCUT2D eigenvalue weighted by molar-refractivity contribution is 0.208. The summed E-state index contributed by atoms with van der Waals surface area (Å²) in [6, 6.07) is 0.703. The van der Waals surface area contributed by atoms with Gasteiger partial charge in [-0.1, -0.05) is 20.8 Å². The van der Waals surface area contributed by atoms with Gasteiger partial charge in [0, 0.05) is 19.2 Å². The molecule has 0 aromatic rings. The van der Waals surface area contributed by atoms with E-state index in [4.69, 9.17) is 5.11 Å². The average molecular weight is 213 g/mol. The highest BCUT2D eigenvalue weighted by Crippen LogP contribution is 2.29. The van der Waals surface area contributed by atoms with Crippen molar-refractivity contribution in [3.8, 4) is 0 Å². The first-order valence-electron chi connectivity index (χ1n) is 6.47. The molecule has 90 valence electrons. The molecule has 0 spiro atoms. The van der Waals surface area contributed by atoms with Crippen molar-refractivity contribution in [3.05, 3.63) is 0 Å². The van der Waals surface area contributed by atoms with Crippen molar-refractivity contribution < 1.29 is 5.11 Å². The molecule has 15 heavy (non-hydrogen) atoms. The van der Waals surface area contributed by atoms with E-state index in [1.54, 1.807) is 0 Å². The topological polar surface area (TPSA) is 32.3 Å².